The Balaban J connectivity index is 1.58. The summed E-state index contributed by atoms with van der Waals surface area (Å²) in [6.45, 7) is 2.27. The fourth-order valence-corrected chi connectivity index (χ4v) is 4.75. The lowest BCUT2D eigenvalue weighted by Gasteiger charge is -2.22. The van der Waals surface area contributed by atoms with E-state index in [1.807, 2.05) is 48.5 Å². The van der Waals surface area contributed by atoms with Crippen molar-refractivity contribution in [2.24, 2.45) is 0 Å². The average Bonchev–Trinajstić information content (AvgIpc) is 3.30. The predicted octanol–water partition coefficient (Wildman–Crippen LogP) is 3.16. The molecule has 4 aromatic rings. The molecule has 1 saturated heterocycles. The van der Waals surface area contributed by atoms with Gasteiger partial charge in [-0.05, 0) is 43.7 Å². The largest absolute Gasteiger partial charge is 0.350 e. The molecule has 1 aliphatic rings. The SMILES string of the molecule is O=c1n(Cc2nc3ccccc3s2)nc([C@H]2CCCNC2)n1-c1ccccc1. The Morgan fingerprint density at radius 1 is 1.11 bits per heavy atom. The number of benzene rings is 2. The van der Waals surface area contributed by atoms with Gasteiger partial charge in [0.1, 0.15) is 10.8 Å². The maximum absolute atomic E-state index is 13.3. The van der Waals surface area contributed by atoms with Crippen molar-refractivity contribution in [1.29, 1.82) is 0 Å². The Morgan fingerprint density at radius 2 is 1.93 bits per heavy atom. The summed E-state index contributed by atoms with van der Waals surface area (Å²) in [6, 6.07) is 17.8. The number of aromatic nitrogens is 4. The van der Waals surface area contributed by atoms with Crippen molar-refractivity contribution >= 4 is 21.6 Å². The minimum Gasteiger partial charge on any atom is -0.316 e. The van der Waals surface area contributed by atoms with E-state index < -0.39 is 0 Å². The van der Waals surface area contributed by atoms with Crippen LogP contribution < -0.4 is 11.0 Å². The lowest BCUT2D eigenvalue weighted by atomic mass is 9.99. The number of hydrogen-bond donors (Lipinski definition) is 1. The van der Waals surface area contributed by atoms with Gasteiger partial charge in [0.15, 0.2) is 0 Å². The monoisotopic (exact) mass is 391 g/mol. The summed E-state index contributed by atoms with van der Waals surface area (Å²) in [4.78, 5) is 17.9. The van der Waals surface area contributed by atoms with Gasteiger partial charge in [-0.1, -0.05) is 30.3 Å². The molecule has 2 aromatic carbocycles. The molecule has 0 bridgehead atoms. The third-order valence-corrected chi connectivity index (χ3v) is 6.19. The van der Waals surface area contributed by atoms with Gasteiger partial charge in [-0.3, -0.25) is 0 Å². The topological polar surface area (TPSA) is 64.7 Å². The van der Waals surface area contributed by atoms with E-state index in [0.717, 1.165) is 52.7 Å². The number of fused-ring (bicyclic) bond motifs is 1. The summed E-state index contributed by atoms with van der Waals surface area (Å²) < 4.78 is 4.46. The molecular weight excluding hydrogens is 370 g/mol. The first-order valence-electron chi connectivity index (χ1n) is 9.60. The Kier molecular flexibility index (Phi) is 4.54. The molecule has 2 aromatic heterocycles. The third kappa shape index (κ3) is 3.16. The van der Waals surface area contributed by atoms with Crippen molar-refractivity contribution in [3.63, 3.8) is 0 Å². The molecule has 0 radical (unpaired) electrons. The molecular formula is C21H21N5OS. The van der Waals surface area contributed by atoms with Crippen molar-refractivity contribution in [2.75, 3.05) is 13.1 Å². The van der Waals surface area contributed by atoms with Gasteiger partial charge in [0.25, 0.3) is 0 Å². The van der Waals surface area contributed by atoms with Crippen LogP contribution in [0, 0.1) is 0 Å². The maximum atomic E-state index is 13.3. The second-order valence-corrected chi connectivity index (χ2v) is 8.20. The van der Waals surface area contributed by atoms with Gasteiger partial charge in [0, 0.05) is 12.5 Å². The van der Waals surface area contributed by atoms with Gasteiger partial charge in [-0.15, -0.1) is 11.3 Å². The fourth-order valence-electron chi connectivity index (χ4n) is 3.80. The zero-order valence-corrected chi connectivity index (χ0v) is 16.2. The fraction of sp³-hybridized carbons (Fsp3) is 0.286. The van der Waals surface area contributed by atoms with Crippen molar-refractivity contribution < 1.29 is 0 Å². The highest BCUT2D eigenvalue weighted by Crippen LogP contribution is 2.24. The molecule has 1 atom stereocenters. The van der Waals surface area contributed by atoms with E-state index in [1.165, 1.54) is 0 Å². The molecule has 7 heteroatoms. The molecule has 1 N–H and O–H groups in total. The zero-order valence-electron chi connectivity index (χ0n) is 15.4. The molecule has 1 aliphatic heterocycles. The molecule has 142 valence electrons. The maximum Gasteiger partial charge on any atom is 0.350 e. The molecule has 1 fully saturated rings. The number of nitrogens with zero attached hydrogens (tertiary/aromatic N) is 4. The van der Waals surface area contributed by atoms with Crippen molar-refractivity contribution in [2.45, 2.75) is 25.3 Å². The number of para-hydroxylation sites is 2. The van der Waals surface area contributed by atoms with Crippen LogP contribution in [-0.2, 0) is 6.54 Å². The summed E-state index contributed by atoms with van der Waals surface area (Å²) in [5, 5.41) is 9.10. The third-order valence-electron chi connectivity index (χ3n) is 5.16. The van der Waals surface area contributed by atoms with Crippen LogP contribution in [0.4, 0.5) is 0 Å². The number of hydrogen-bond acceptors (Lipinski definition) is 5. The molecule has 0 spiro atoms. The molecule has 28 heavy (non-hydrogen) atoms. The van der Waals surface area contributed by atoms with Crippen LogP contribution in [0.5, 0.6) is 0 Å². The summed E-state index contributed by atoms with van der Waals surface area (Å²) in [7, 11) is 0. The van der Waals surface area contributed by atoms with E-state index in [4.69, 9.17) is 5.10 Å². The van der Waals surface area contributed by atoms with Gasteiger partial charge >= 0.3 is 5.69 Å². The average molecular weight is 392 g/mol. The van der Waals surface area contributed by atoms with Crippen LogP contribution >= 0.6 is 11.3 Å². The smallest absolute Gasteiger partial charge is 0.316 e. The van der Waals surface area contributed by atoms with E-state index in [0.29, 0.717) is 6.54 Å². The molecule has 3 heterocycles. The van der Waals surface area contributed by atoms with Gasteiger partial charge < -0.3 is 5.32 Å². The lowest BCUT2D eigenvalue weighted by molar-refractivity contribution is 0.439. The Morgan fingerprint density at radius 3 is 2.71 bits per heavy atom. The number of piperidine rings is 1. The highest BCUT2D eigenvalue weighted by atomic mass is 32.1. The Hall–Kier alpha value is -2.77. The first-order valence-corrected chi connectivity index (χ1v) is 10.4. The first kappa shape index (κ1) is 17.3. The van der Waals surface area contributed by atoms with Gasteiger partial charge in [0.05, 0.1) is 22.4 Å². The van der Waals surface area contributed by atoms with Gasteiger partial charge in [-0.25, -0.2) is 19.0 Å². The second-order valence-electron chi connectivity index (χ2n) is 7.09. The number of nitrogens with one attached hydrogen (secondary N) is 1. The molecule has 5 rings (SSSR count). The molecule has 0 amide bonds. The van der Waals surface area contributed by atoms with Crippen LogP contribution in [0.15, 0.2) is 59.4 Å². The second kappa shape index (κ2) is 7.33. The van der Waals surface area contributed by atoms with Crippen LogP contribution in [0.1, 0.15) is 29.6 Å². The summed E-state index contributed by atoms with van der Waals surface area (Å²) >= 11 is 1.61. The first-order chi connectivity index (χ1) is 13.8. The summed E-state index contributed by atoms with van der Waals surface area (Å²) in [5.74, 6) is 1.07. The van der Waals surface area contributed by atoms with Crippen LogP contribution in [-0.4, -0.2) is 32.4 Å². The minimum absolute atomic E-state index is 0.106. The van der Waals surface area contributed by atoms with Gasteiger partial charge in [-0.2, -0.15) is 5.10 Å². The van der Waals surface area contributed by atoms with E-state index in [9.17, 15) is 4.79 Å². The highest BCUT2D eigenvalue weighted by molar-refractivity contribution is 7.18. The number of thiazole rings is 1. The van der Waals surface area contributed by atoms with Gasteiger partial charge in [0.2, 0.25) is 0 Å². The summed E-state index contributed by atoms with van der Waals surface area (Å²) in [6.07, 6.45) is 2.13. The quantitative estimate of drug-likeness (QED) is 0.580. The van der Waals surface area contributed by atoms with Crippen molar-refractivity contribution in [3.05, 3.63) is 75.9 Å². The normalized spacial score (nSPS) is 17.2. The molecule has 0 unspecified atom stereocenters. The Labute approximate surface area is 166 Å². The van der Waals surface area contributed by atoms with E-state index >= 15 is 0 Å². The standard InChI is InChI=1S/C21H21N5OS/c27-21-25(14-19-23-17-10-4-5-11-18(17)28-19)24-20(15-7-6-12-22-13-15)26(21)16-8-2-1-3-9-16/h1-5,8-11,15,22H,6-7,12-14H2/t15-/m0/s1. The van der Waals surface area contributed by atoms with E-state index in [-0.39, 0.29) is 11.6 Å². The predicted molar refractivity (Wildman–Crippen MR) is 111 cm³/mol. The van der Waals surface area contributed by atoms with Crippen LogP contribution in [0.2, 0.25) is 0 Å². The lowest BCUT2D eigenvalue weighted by Crippen LogP contribution is -2.31. The Bertz CT molecular complexity index is 1120. The van der Waals surface area contributed by atoms with Crippen LogP contribution in [0.3, 0.4) is 0 Å². The van der Waals surface area contributed by atoms with Crippen LogP contribution in [0.25, 0.3) is 15.9 Å². The molecule has 0 saturated carbocycles. The zero-order chi connectivity index (χ0) is 18.9. The highest BCUT2D eigenvalue weighted by Gasteiger charge is 2.25. The molecule has 0 aliphatic carbocycles. The van der Waals surface area contributed by atoms with E-state index in [1.54, 1.807) is 20.6 Å². The minimum atomic E-state index is -0.106. The van der Waals surface area contributed by atoms with Crippen molar-refractivity contribution in [3.8, 4) is 5.69 Å². The summed E-state index contributed by atoms with van der Waals surface area (Å²) in [5.41, 5.74) is 1.73. The van der Waals surface area contributed by atoms with Crippen molar-refractivity contribution in [1.82, 2.24) is 24.6 Å². The molecule has 6 nitrogen and oxygen atoms in total. The number of rotatable bonds is 4. The van der Waals surface area contributed by atoms with E-state index in [2.05, 4.69) is 16.4 Å².